The molecule has 0 aliphatic rings. The molecule has 0 aromatic heterocycles. The molecule has 112 valence electrons. The Labute approximate surface area is 128 Å². The van der Waals surface area contributed by atoms with E-state index in [4.69, 9.17) is 0 Å². The zero-order valence-corrected chi connectivity index (χ0v) is 12.4. The highest BCUT2D eigenvalue weighted by Crippen LogP contribution is 2.18. The molecule has 2 aromatic rings. The van der Waals surface area contributed by atoms with E-state index in [1.807, 2.05) is 6.07 Å². The molecule has 0 saturated carbocycles. The second kappa shape index (κ2) is 6.67. The summed E-state index contributed by atoms with van der Waals surface area (Å²) in [5, 5.41) is 2.66. The van der Waals surface area contributed by atoms with Crippen LogP contribution in [-0.2, 0) is 4.79 Å². The maximum absolute atomic E-state index is 12.3. The van der Waals surface area contributed by atoms with Gasteiger partial charge in [-0.15, -0.1) is 0 Å². The van der Waals surface area contributed by atoms with Gasteiger partial charge < -0.3 is 5.32 Å². The summed E-state index contributed by atoms with van der Waals surface area (Å²) in [5.41, 5.74) is 1.53. The fourth-order valence-corrected chi connectivity index (χ4v) is 1.99. The molecular weight excluding hydrogens is 280 g/mol. The number of amides is 3. The summed E-state index contributed by atoms with van der Waals surface area (Å²) >= 11 is 0. The minimum absolute atomic E-state index is 0.0744. The number of nitrogens with zero attached hydrogens (tertiary/aromatic N) is 1. The van der Waals surface area contributed by atoms with Gasteiger partial charge >= 0.3 is 6.03 Å². The lowest BCUT2D eigenvalue weighted by Gasteiger charge is -2.20. The summed E-state index contributed by atoms with van der Waals surface area (Å²) in [6.45, 7) is 2.77. The van der Waals surface area contributed by atoms with Crippen molar-refractivity contribution in [2.75, 3.05) is 10.2 Å². The highest BCUT2D eigenvalue weighted by Gasteiger charge is 2.20. The Kier molecular flexibility index (Phi) is 4.68. The molecule has 0 fully saturated rings. The van der Waals surface area contributed by atoms with Gasteiger partial charge in [0.25, 0.3) is 0 Å². The number of ketones is 1. The monoisotopic (exact) mass is 296 g/mol. The minimum Gasteiger partial charge on any atom is -0.307 e. The van der Waals surface area contributed by atoms with Crippen molar-refractivity contribution in [2.45, 2.75) is 13.8 Å². The first kappa shape index (κ1) is 15.4. The molecule has 1 N–H and O–H groups in total. The van der Waals surface area contributed by atoms with Gasteiger partial charge in [0.1, 0.15) is 0 Å². The summed E-state index contributed by atoms with van der Waals surface area (Å²) in [6.07, 6.45) is 0. The standard InChI is InChI=1S/C17H16N2O3/c1-12(20)14-8-10-16(11-9-14)19(13(2)21)17(22)18-15-6-4-3-5-7-15/h3-11H,1-2H3,(H,18,22). The van der Waals surface area contributed by atoms with Gasteiger partial charge in [0, 0.05) is 18.2 Å². The Bertz CT molecular complexity index is 694. The van der Waals surface area contributed by atoms with Crippen molar-refractivity contribution < 1.29 is 14.4 Å². The second-order valence-corrected chi connectivity index (χ2v) is 4.75. The number of anilines is 2. The normalized spacial score (nSPS) is 9.91. The fourth-order valence-electron chi connectivity index (χ4n) is 1.99. The van der Waals surface area contributed by atoms with E-state index in [0.717, 1.165) is 4.90 Å². The summed E-state index contributed by atoms with van der Waals surface area (Å²) in [6, 6.07) is 14.6. The largest absolute Gasteiger partial charge is 0.333 e. The minimum atomic E-state index is -0.547. The van der Waals surface area contributed by atoms with Crippen LogP contribution in [0.15, 0.2) is 54.6 Å². The van der Waals surface area contributed by atoms with E-state index in [2.05, 4.69) is 5.32 Å². The molecule has 5 heteroatoms. The molecule has 0 heterocycles. The van der Waals surface area contributed by atoms with Crippen LogP contribution in [0.3, 0.4) is 0 Å². The van der Waals surface area contributed by atoms with E-state index in [1.165, 1.54) is 13.8 Å². The van der Waals surface area contributed by atoms with E-state index in [1.54, 1.807) is 48.5 Å². The van der Waals surface area contributed by atoms with E-state index < -0.39 is 11.9 Å². The van der Waals surface area contributed by atoms with Crippen molar-refractivity contribution in [3.63, 3.8) is 0 Å². The second-order valence-electron chi connectivity index (χ2n) is 4.75. The van der Waals surface area contributed by atoms with Gasteiger partial charge in [-0.1, -0.05) is 18.2 Å². The van der Waals surface area contributed by atoms with Gasteiger partial charge in [-0.25, -0.2) is 9.69 Å². The first-order valence-corrected chi connectivity index (χ1v) is 6.77. The number of carbonyl (C=O) groups is 3. The predicted octanol–water partition coefficient (Wildman–Crippen LogP) is 3.47. The molecule has 0 bridgehead atoms. The Morgan fingerprint density at radius 2 is 1.45 bits per heavy atom. The molecule has 0 radical (unpaired) electrons. The summed E-state index contributed by atoms with van der Waals surface area (Å²) in [5.74, 6) is -0.487. The van der Waals surface area contributed by atoms with Crippen LogP contribution in [0.4, 0.5) is 16.2 Å². The number of nitrogens with one attached hydrogen (secondary N) is 1. The quantitative estimate of drug-likeness (QED) is 0.882. The van der Waals surface area contributed by atoms with E-state index >= 15 is 0 Å². The summed E-state index contributed by atoms with van der Waals surface area (Å²) in [4.78, 5) is 36.4. The molecule has 2 rings (SSSR count). The van der Waals surface area contributed by atoms with E-state index in [-0.39, 0.29) is 5.78 Å². The molecule has 3 amide bonds. The highest BCUT2D eigenvalue weighted by molar-refractivity contribution is 6.17. The van der Waals surface area contributed by atoms with Gasteiger partial charge in [0.2, 0.25) is 5.91 Å². The van der Waals surface area contributed by atoms with Crippen LogP contribution < -0.4 is 10.2 Å². The van der Waals surface area contributed by atoms with Crippen LogP contribution in [0.2, 0.25) is 0 Å². The molecule has 0 aliphatic heterocycles. The lowest BCUT2D eigenvalue weighted by atomic mass is 10.1. The number of hydrogen-bond donors (Lipinski definition) is 1. The number of hydrogen-bond acceptors (Lipinski definition) is 3. The molecule has 2 aromatic carbocycles. The Morgan fingerprint density at radius 1 is 0.864 bits per heavy atom. The average Bonchev–Trinajstić information content (AvgIpc) is 2.48. The third-order valence-corrected chi connectivity index (χ3v) is 3.08. The lowest BCUT2D eigenvalue weighted by molar-refractivity contribution is -0.115. The van der Waals surface area contributed by atoms with Gasteiger partial charge in [-0.05, 0) is 43.3 Å². The molecular formula is C17H16N2O3. The molecule has 5 nitrogen and oxygen atoms in total. The van der Waals surface area contributed by atoms with Crippen LogP contribution >= 0.6 is 0 Å². The van der Waals surface area contributed by atoms with Crippen LogP contribution in [0.25, 0.3) is 0 Å². The van der Waals surface area contributed by atoms with Crippen molar-refractivity contribution in [3.8, 4) is 0 Å². The smallest absolute Gasteiger partial charge is 0.307 e. The molecule has 0 aliphatic carbocycles. The van der Waals surface area contributed by atoms with E-state index in [0.29, 0.717) is 16.9 Å². The third kappa shape index (κ3) is 3.58. The molecule has 0 atom stereocenters. The molecule has 0 saturated heterocycles. The summed E-state index contributed by atoms with van der Waals surface area (Å²) < 4.78 is 0. The predicted molar refractivity (Wildman–Crippen MR) is 85.1 cm³/mol. The van der Waals surface area contributed by atoms with Crippen molar-refractivity contribution in [3.05, 3.63) is 60.2 Å². The van der Waals surface area contributed by atoms with Gasteiger partial charge in [-0.3, -0.25) is 9.59 Å². The van der Waals surface area contributed by atoms with Gasteiger partial charge in [0.15, 0.2) is 5.78 Å². The number of imide groups is 1. The van der Waals surface area contributed by atoms with E-state index in [9.17, 15) is 14.4 Å². The van der Waals surface area contributed by atoms with Gasteiger partial charge in [-0.2, -0.15) is 0 Å². The molecule has 22 heavy (non-hydrogen) atoms. The van der Waals surface area contributed by atoms with Crippen LogP contribution in [0.1, 0.15) is 24.2 Å². The molecule has 0 unspecified atom stereocenters. The van der Waals surface area contributed by atoms with Crippen molar-refractivity contribution in [1.29, 1.82) is 0 Å². The lowest BCUT2D eigenvalue weighted by Crippen LogP contribution is -2.38. The first-order chi connectivity index (χ1) is 10.5. The number of para-hydroxylation sites is 1. The van der Waals surface area contributed by atoms with Crippen LogP contribution in [0.5, 0.6) is 0 Å². The third-order valence-electron chi connectivity index (χ3n) is 3.08. The zero-order chi connectivity index (χ0) is 16.1. The highest BCUT2D eigenvalue weighted by atomic mass is 16.2. The fraction of sp³-hybridized carbons (Fsp3) is 0.118. The SMILES string of the molecule is CC(=O)c1ccc(N(C(C)=O)C(=O)Nc2ccccc2)cc1. The Morgan fingerprint density at radius 3 is 1.95 bits per heavy atom. The number of benzene rings is 2. The number of urea groups is 1. The maximum Gasteiger partial charge on any atom is 0.333 e. The van der Waals surface area contributed by atoms with Gasteiger partial charge in [0.05, 0.1) is 5.69 Å². The average molecular weight is 296 g/mol. The first-order valence-electron chi connectivity index (χ1n) is 6.77. The maximum atomic E-state index is 12.3. The number of Topliss-reactive ketones (excluding diaryl/α,β-unsaturated/α-hetero) is 1. The Balaban J connectivity index is 2.24. The van der Waals surface area contributed by atoms with Crippen molar-refractivity contribution >= 4 is 29.1 Å². The zero-order valence-electron chi connectivity index (χ0n) is 12.4. The van der Waals surface area contributed by atoms with Crippen LogP contribution in [-0.4, -0.2) is 17.7 Å². The van der Waals surface area contributed by atoms with Crippen molar-refractivity contribution in [2.24, 2.45) is 0 Å². The number of rotatable bonds is 3. The van der Waals surface area contributed by atoms with Crippen molar-refractivity contribution in [1.82, 2.24) is 0 Å². The number of carbonyl (C=O) groups excluding carboxylic acids is 3. The molecule has 0 spiro atoms. The van der Waals surface area contributed by atoms with Crippen LogP contribution in [0, 0.1) is 0 Å². The topological polar surface area (TPSA) is 66.5 Å². The Hall–Kier alpha value is -2.95. The summed E-state index contributed by atoms with van der Waals surface area (Å²) in [7, 11) is 0.